The van der Waals surface area contributed by atoms with Crippen LogP contribution in [0.3, 0.4) is 0 Å². The van der Waals surface area contributed by atoms with Crippen LogP contribution in [-0.4, -0.2) is 31.0 Å². The Labute approximate surface area is 168 Å². The average Bonchev–Trinajstić information content (AvgIpc) is 3.01. The number of rotatable bonds is 3. The van der Waals surface area contributed by atoms with Gasteiger partial charge in [-0.1, -0.05) is 13.0 Å². The number of hydrogen-bond donors (Lipinski definition) is 0. The summed E-state index contributed by atoms with van der Waals surface area (Å²) in [5, 5.41) is 0. The van der Waals surface area contributed by atoms with Crippen molar-refractivity contribution < 1.29 is 4.79 Å². The van der Waals surface area contributed by atoms with Crippen LogP contribution >= 0.6 is 0 Å². The van der Waals surface area contributed by atoms with Crippen molar-refractivity contribution >= 4 is 28.6 Å². The number of carbonyl (C=O) groups excluding carboxylic acids is 1. The quantitative estimate of drug-likeness (QED) is 0.676. The van der Waals surface area contributed by atoms with E-state index in [1.165, 1.54) is 11.5 Å². The standard InChI is InChI=1S/C21H25N5O3/c1-12-6-13(2)8-16(7-12)24-9-14(3)10-25-17-18(22-20(24)25)23(5)21(29)26(19(17)28)11-15(4)27/h6-8,14H,9-11H2,1-5H3/t14-/m0/s1. The van der Waals surface area contributed by atoms with Gasteiger partial charge >= 0.3 is 5.69 Å². The number of nitrogens with zero attached hydrogens (tertiary/aromatic N) is 5. The molecule has 0 saturated heterocycles. The van der Waals surface area contributed by atoms with Crippen molar-refractivity contribution in [2.75, 3.05) is 11.4 Å². The maximum absolute atomic E-state index is 13.1. The number of imidazole rings is 1. The molecule has 0 radical (unpaired) electrons. The predicted octanol–water partition coefficient (Wildman–Crippen LogP) is 1.89. The molecule has 3 heterocycles. The van der Waals surface area contributed by atoms with Crippen molar-refractivity contribution in [3.05, 3.63) is 50.2 Å². The molecular formula is C21H25N5O3. The summed E-state index contributed by atoms with van der Waals surface area (Å²) in [6, 6.07) is 6.31. The fourth-order valence-electron chi connectivity index (χ4n) is 4.19. The number of benzene rings is 1. The van der Waals surface area contributed by atoms with Crippen LogP contribution in [0.4, 0.5) is 11.6 Å². The van der Waals surface area contributed by atoms with Crippen LogP contribution in [0.15, 0.2) is 27.8 Å². The summed E-state index contributed by atoms with van der Waals surface area (Å²) in [5.74, 6) is 0.682. The number of carbonyl (C=O) groups is 1. The van der Waals surface area contributed by atoms with Crippen LogP contribution in [0, 0.1) is 19.8 Å². The molecule has 29 heavy (non-hydrogen) atoms. The molecule has 0 spiro atoms. The molecule has 0 unspecified atom stereocenters. The van der Waals surface area contributed by atoms with Gasteiger partial charge in [-0.3, -0.25) is 18.7 Å². The number of fused-ring (bicyclic) bond motifs is 3. The molecule has 0 aliphatic carbocycles. The van der Waals surface area contributed by atoms with Gasteiger partial charge in [-0.25, -0.2) is 4.79 Å². The van der Waals surface area contributed by atoms with E-state index in [0.717, 1.165) is 27.9 Å². The molecule has 0 fully saturated rings. The second kappa shape index (κ2) is 6.72. The lowest BCUT2D eigenvalue weighted by Gasteiger charge is -2.33. The molecule has 0 amide bonds. The number of hydrogen-bond acceptors (Lipinski definition) is 5. The van der Waals surface area contributed by atoms with Crippen molar-refractivity contribution in [2.24, 2.45) is 13.0 Å². The molecule has 1 aromatic carbocycles. The molecule has 0 bridgehead atoms. The molecule has 0 N–H and O–H groups in total. The minimum absolute atomic E-state index is 0.238. The summed E-state index contributed by atoms with van der Waals surface area (Å²) < 4.78 is 4.25. The van der Waals surface area contributed by atoms with Gasteiger partial charge in [0.15, 0.2) is 11.2 Å². The van der Waals surface area contributed by atoms with E-state index in [0.29, 0.717) is 23.7 Å². The smallest absolute Gasteiger partial charge is 0.312 e. The van der Waals surface area contributed by atoms with Crippen LogP contribution in [0.25, 0.3) is 11.2 Å². The second-order valence-electron chi connectivity index (χ2n) is 8.19. The molecule has 4 rings (SSSR count). The van der Waals surface area contributed by atoms with Crippen LogP contribution in [0.2, 0.25) is 0 Å². The molecule has 1 atom stereocenters. The van der Waals surface area contributed by atoms with Crippen molar-refractivity contribution in [1.29, 1.82) is 0 Å². The maximum Gasteiger partial charge on any atom is 0.332 e. The highest BCUT2D eigenvalue weighted by atomic mass is 16.2. The number of aromatic nitrogens is 4. The number of Topliss-reactive ketones (excluding diaryl/α,β-unsaturated/α-hetero) is 1. The molecule has 3 aromatic rings. The first-order valence-corrected chi connectivity index (χ1v) is 9.72. The van der Waals surface area contributed by atoms with Gasteiger partial charge in [0.2, 0.25) is 5.95 Å². The Kier molecular flexibility index (Phi) is 4.44. The van der Waals surface area contributed by atoms with Crippen molar-refractivity contribution in [2.45, 2.75) is 40.8 Å². The van der Waals surface area contributed by atoms with Gasteiger partial charge in [0.1, 0.15) is 5.78 Å². The van der Waals surface area contributed by atoms with Gasteiger partial charge in [0, 0.05) is 25.8 Å². The molecule has 1 aliphatic heterocycles. The number of ketones is 1. The Balaban J connectivity index is 2.02. The summed E-state index contributed by atoms with van der Waals surface area (Å²) in [4.78, 5) is 44.2. The molecule has 1 aliphatic rings. The van der Waals surface area contributed by atoms with E-state index < -0.39 is 11.2 Å². The van der Waals surface area contributed by atoms with E-state index in [1.807, 2.05) is 4.57 Å². The highest BCUT2D eigenvalue weighted by Crippen LogP contribution is 2.33. The fourth-order valence-corrected chi connectivity index (χ4v) is 4.19. The summed E-state index contributed by atoms with van der Waals surface area (Å²) >= 11 is 0. The van der Waals surface area contributed by atoms with Gasteiger partial charge in [0.25, 0.3) is 5.56 Å². The van der Waals surface area contributed by atoms with Gasteiger partial charge in [-0.15, -0.1) is 0 Å². The van der Waals surface area contributed by atoms with Crippen LogP contribution < -0.4 is 16.1 Å². The lowest BCUT2D eigenvalue weighted by atomic mass is 10.1. The summed E-state index contributed by atoms with van der Waals surface area (Å²) in [5.41, 5.74) is 3.03. The Hall–Kier alpha value is -3.16. The Morgan fingerprint density at radius 3 is 2.41 bits per heavy atom. The molecule has 152 valence electrons. The third-order valence-corrected chi connectivity index (χ3v) is 5.34. The third kappa shape index (κ3) is 3.08. The summed E-state index contributed by atoms with van der Waals surface area (Å²) in [6.45, 7) is 8.75. The van der Waals surface area contributed by atoms with E-state index in [1.54, 1.807) is 7.05 Å². The Morgan fingerprint density at radius 1 is 1.14 bits per heavy atom. The largest absolute Gasteiger partial charge is 0.332 e. The first-order chi connectivity index (χ1) is 13.7. The second-order valence-corrected chi connectivity index (χ2v) is 8.19. The number of aryl methyl sites for hydroxylation is 3. The number of anilines is 2. The lowest BCUT2D eigenvalue weighted by molar-refractivity contribution is -0.117. The zero-order chi connectivity index (χ0) is 21.0. The minimum atomic E-state index is -0.529. The first kappa shape index (κ1) is 19.2. The van der Waals surface area contributed by atoms with E-state index in [2.05, 4.69) is 43.9 Å². The van der Waals surface area contributed by atoms with Crippen LogP contribution in [0.5, 0.6) is 0 Å². The zero-order valence-corrected chi connectivity index (χ0v) is 17.4. The van der Waals surface area contributed by atoms with Gasteiger partial charge < -0.3 is 9.47 Å². The van der Waals surface area contributed by atoms with Crippen molar-refractivity contribution in [1.82, 2.24) is 18.7 Å². The van der Waals surface area contributed by atoms with Gasteiger partial charge in [0.05, 0.1) is 6.54 Å². The van der Waals surface area contributed by atoms with Crippen molar-refractivity contribution in [3.63, 3.8) is 0 Å². The van der Waals surface area contributed by atoms with E-state index >= 15 is 0 Å². The fraction of sp³-hybridized carbons (Fsp3) is 0.429. The zero-order valence-electron chi connectivity index (χ0n) is 17.4. The average molecular weight is 395 g/mol. The topological polar surface area (TPSA) is 82.1 Å². The third-order valence-electron chi connectivity index (χ3n) is 5.34. The minimum Gasteiger partial charge on any atom is -0.312 e. The van der Waals surface area contributed by atoms with E-state index in [-0.39, 0.29) is 18.2 Å². The SMILES string of the molecule is CC(=O)Cn1c(=O)c2c(nc3n2C[C@@H](C)CN3c2cc(C)cc(C)c2)n(C)c1=O. The van der Waals surface area contributed by atoms with Gasteiger partial charge in [-0.05, 0) is 49.9 Å². The Bertz CT molecular complexity index is 1240. The van der Waals surface area contributed by atoms with E-state index in [9.17, 15) is 14.4 Å². The molecular weight excluding hydrogens is 370 g/mol. The van der Waals surface area contributed by atoms with E-state index in [4.69, 9.17) is 4.98 Å². The highest BCUT2D eigenvalue weighted by Gasteiger charge is 2.30. The highest BCUT2D eigenvalue weighted by molar-refractivity contribution is 5.78. The maximum atomic E-state index is 13.1. The molecule has 8 heteroatoms. The summed E-state index contributed by atoms with van der Waals surface area (Å²) in [7, 11) is 1.59. The lowest BCUT2D eigenvalue weighted by Crippen LogP contribution is -2.41. The Morgan fingerprint density at radius 2 is 1.79 bits per heavy atom. The molecule has 2 aromatic heterocycles. The normalized spacial score (nSPS) is 16.3. The monoisotopic (exact) mass is 395 g/mol. The van der Waals surface area contributed by atoms with Crippen molar-refractivity contribution in [3.8, 4) is 0 Å². The van der Waals surface area contributed by atoms with Crippen LogP contribution in [0.1, 0.15) is 25.0 Å². The summed E-state index contributed by atoms with van der Waals surface area (Å²) in [6.07, 6.45) is 0. The van der Waals surface area contributed by atoms with Crippen LogP contribution in [-0.2, 0) is 24.9 Å². The first-order valence-electron chi connectivity index (χ1n) is 9.72. The molecule has 0 saturated carbocycles. The molecule has 8 nitrogen and oxygen atoms in total. The predicted molar refractivity (Wildman–Crippen MR) is 112 cm³/mol. The van der Waals surface area contributed by atoms with Gasteiger partial charge in [-0.2, -0.15) is 4.98 Å².